The highest BCUT2D eigenvalue weighted by Crippen LogP contribution is 2.28. The zero-order valence-electron chi connectivity index (χ0n) is 9.48. The SMILES string of the molecule is Nc1c([N+](=O)[O-])ccc(F)c1C(=O)NC1CCC1. The van der Waals surface area contributed by atoms with E-state index in [-0.39, 0.29) is 6.04 Å². The molecule has 0 unspecified atom stereocenters. The highest BCUT2D eigenvalue weighted by molar-refractivity contribution is 6.01. The van der Waals surface area contributed by atoms with Gasteiger partial charge in [-0.2, -0.15) is 0 Å². The summed E-state index contributed by atoms with van der Waals surface area (Å²) in [5.41, 5.74) is 4.13. The molecule has 7 heteroatoms. The molecule has 2 rings (SSSR count). The first-order chi connectivity index (χ1) is 8.50. The second kappa shape index (κ2) is 4.59. The third-order valence-corrected chi connectivity index (χ3v) is 3.04. The van der Waals surface area contributed by atoms with Crippen LogP contribution in [0, 0.1) is 15.9 Å². The molecule has 0 aromatic heterocycles. The van der Waals surface area contributed by atoms with Crippen LogP contribution in [0.25, 0.3) is 0 Å². The maximum absolute atomic E-state index is 13.6. The Morgan fingerprint density at radius 1 is 1.50 bits per heavy atom. The van der Waals surface area contributed by atoms with Gasteiger partial charge >= 0.3 is 0 Å². The number of amides is 1. The number of nitrogens with one attached hydrogen (secondary N) is 1. The molecule has 3 N–H and O–H groups in total. The Labute approximate surface area is 102 Å². The molecule has 0 atom stereocenters. The van der Waals surface area contributed by atoms with Crippen LogP contribution in [-0.4, -0.2) is 16.9 Å². The molecule has 1 saturated carbocycles. The van der Waals surface area contributed by atoms with Gasteiger partial charge in [0.25, 0.3) is 11.6 Å². The number of anilines is 1. The number of nitrogens with two attached hydrogens (primary N) is 1. The molecule has 18 heavy (non-hydrogen) atoms. The summed E-state index contributed by atoms with van der Waals surface area (Å²) in [5, 5.41) is 13.3. The van der Waals surface area contributed by atoms with Gasteiger partial charge in [0, 0.05) is 12.1 Å². The van der Waals surface area contributed by atoms with Gasteiger partial charge in [-0.1, -0.05) is 0 Å². The van der Waals surface area contributed by atoms with Crippen LogP contribution in [0.1, 0.15) is 29.6 Å². The molecule has 1 aromatic carbocycles. The Hall–Kier alpha value is -2.18. The molecule has 1 aliphatic rings. The summed E-state index contributed by atoms with van der Waals surface area (Å²) in [5.74, 6) is -1.55. The molecule has 0 heterocycles. The van der Waals surface area contributed by atoms with E-state index >= 15 is 0 Å². The minimum Gasteiger partial charge on any atom is -0.392 e. The lowest BCUT2D eigenvalue weighted by atomic mass is 9.93. The molecule has 1 fully saturated rings. The van der Waals surface area contributed by atoms with Crippen LogP contribution in [0.2, 0.25) is 0 Å². The first-order valence-electron chi connectivity index (χ1n) is 5.54. The van der Waals surface area contributed by atoms with Crippen LogP contribution in [0.4, 0.5) is 15.8 Å². The average Bonchev–Trinajstić information content (AvgIpc) is 2.23. The number of nitrogen functional groups attached to an aromatic ring is 1. The van der Waals surface area contributed by atoms with Gasteiger partial charge in [0.05, 0.1) is 4.92 Å². The summed E-state index contributed by atoms with van der Waals surface area (Å²) in [4.78, 5) is 21.7. The fourth-order valence-electron chi connectivity index (χ4n) is 1.78. The smallest absolute Gasteiger partial charge is 0.293 e. The Morgan fingerprint density at radius 3 is 2.67 bits per heavy atom. The van der Waals surface area contributed by atoms with E-state index in [0.717, 1.165) is 31.4 Å². The van der Waals surface area contributed by atoms with E-state index < -0.39 is 33.6 Å². The number of hydrogen-bond acceptors (Lipinski definition) is 4. The van der Waals surface area contributed by atoms with Crippen LogP contribution < -0.4 is 11.1 Å². The van der Waals surface area contributed by atoms with Crippen LogP contribution in [0.15, 0.2) is 12.1 Å². The molecule has 1 amide bonds. The zero-order chi connectivity index (χ0) is 13.3. The van der Waals surface area contributed by atoms with E-state index in [1.807, 2.05) is 0 Å². The van der Waals surface area contributed by atoms with Crippen LogP contribution in [-0.2, 0) is 0 Å². The molecule has 0 spiro atoms. The van der Waals surface area contributed by atoms with E-state index in [1.54, 1.807) is 0 Å². The quantitative estimate of drug-likeness (QED) is 0.485. The molecule has 1 aromatic rings. The Balaban J connectivity index is 2.32. The van der Waals surface area contributed by atoms with E-state index in [9.17, 15) is 19.3 Å². The van der Waals surface area contributed by atoms with Crippen molar-refractivity contribution in [1.29, 1.82) is 0 Å². The Bertz CT molecular complexity index is 515. The second-order valence-electron chi connectivity index (χ2n) is 4.21. The van der Waals surface area contributed by atoms with Crippen molar-refractivity contribution in [2.75, 3.05) is 5.73 Å². The van der Waals surface area contributed by atoms with Crippen molar-refractivity contribution in [3.05, 3.63) is 33.6 Å². The van der Waals surface area contributed by atoms with Crippen LogP contribution in [0.3, 0.4) is 0 Å². The average molecular weight is 253 g/mol. The molecule has 0 bridgehead atoms. The number of hydrogen-bond donors (Lipinski definition) is 2. The van der Waals surface area contributed by atoms with Gasteiger partial charge in [0.1, 0.15) is 17.1 Å². The fraction of sp³-hybridized carbons (Fsp3) is 0.364. The number of nitrogens with zero attached hydrogens (tertiary/aromatic N) is 1. The Morgan fingerprint density at radius 2 is 2.17 bits per heavy atom. The zero-order valence-corrected chi connectivity index (χ0v) is 9.48. The Kier molecular flexibility index (Phi) is 3.14. The first-order valence-corrected chi connectivity index (χ1v) is 5.54. The van der Waals surface area contributed by atoms with Crippen molar-refractivity contribution in [3.63, 3.8) is 0 Å². The maximum Gasteiger partial charge on any atom is 0.293 e. The second-order valence-corrected chi connectivity index (χ2v) is 4.21. The van der Waals surface area contributed by atoms with Gasteiger partial charge in [-0.15, -0.1) is 0 Å². The third kappa shape index (κ3) is 2.11. The molecule has 0 saturated heterocycles. The van der Waals surface area contributed by atoms with Gasteiger partial charge in [0.2, 0.25) is 0 Å². The van der Waals surface area contributed by atoms with Crippen molar-refractivity contribution in [1.82, 2.24) is 5.32 Å². The topological polar surface area (TPSA) is 98.3 Å². The van der Waals surface area contributed by atoms with Gasteiger partial charge in [-0.25, -0.2) is 4.39 Å². The van der Waals surface area contributed by atoms with E-state index in [0.29, 0.717) is 0 Å². The van der Waals surface area contributed by atoms with Crippen LogP contribution >= 0.6 is 0 Å². The lowest BCUT2D eigenvalue weighted by molar-refractivity contribution is -0.384. The summed E-state index contributed by atoms with van der Waals surface area (Å²) >= 11 is 0. The van der Waals surface area contributed by atoms with Crippen molar-refractivity contribution in [2.45, 2.75) is 25.3 Å². The number of benzene rings is 1. The number of nitro benzene ring substituents is 1. The van der Waals surface area contributed by atoms with E-state index in [1.165, 1.54) is 0 Å². The molecule has 0 aliphatic heterocycles. The van der Waals surface area contributed by atoms with Gasteiger partial charge in [-0.05, 0) is 25.3 Å². The first kappa shape index (κ1) is 12.3. The highest BCUT2D eigenvalue weighted by atomic mass is 19.1. The van der Waals surface area contributed by atoms with Gasteiger partial charge in [0.15, 0.2) is 0 Å². The lowest BCUT2D eigenvalue weighted by Gasteiger charge is -2.26. The van der Waals surface area contributed by atoms with E-state index in [4.69, 9.17) is 5.73 Å². The van der Waals surface area contributed by atoms with Gasteiger partial charge < -0.3 is 11.1 Å². The number of halogens is 1. The predicted molar refractivity (Wildman–Crippen MR) is 62.6 cm³/mol. The molecular formula is C11H12FN3O3. The molecular weight excluding hydrogens is 241 g/mol. The van der Waals surface area contributed by atoms with Crippen molar-refractivity contribution < 1.29 is 14.1 Å². The van der Waals surface area contributed by atoms with Gasteiger partial charge in [-0.3, -0.25) is 14.9 Å². The minimum absolute atomic E-state index is 0.00978. The summed E-state index contributed by atoms with van der Waals surface area (Å²) in [6.07, 6.45) is 2.68. The third-order valence-electron chi connectivity index (χ3n) is 3.04. The highest BCUT2D eigenvalue weighted by Gasteiger charge is 2.26. The monoisotopic (exact) mass is 253 g/mol. The molecule has 0 radical (unpaired) electrons. The largest absolute Gasteiger partial charge is 0.392 e. The fourth-order valence-corrected chi connectivity index (χ4v) is 1.78. The number of carbonyl (C=O) groups excluding carboxylic acids is 1. The van der Waals surface area contributed by atoms with Crippen LogP contribution in [0.5, 0.6) is 0 Å². The summed E-state index contributed by atoms with van der Waals surface area (Å²) < 4.78 is 13.6. The van der Waals surface area contributed by atoms with E-state index in [2.05, 4.69) is 5.32 Å². The predicted octanol–water partition coefficient (Wildman–Crippen LogP) is 1.60. The number of carbonyl (C=O) groups is 1. The maximum atomic E-state index is 13.6. The lowest BCUT2D eigenvalue weighted by Crippen LogP contribution is -2.40. The van der Waals surface area contributed by atoms with Crippen molar-refractivity contribution >= 4 is 17.3 Å². The van der Waals surface area contributed by atoms with Crippen molar-refractivity contribution in [2.24, 2.45) is 0 Å². The summed E-state index contributed by atoms with van der Waals surface area (Å²) in [6, 6.07) is 1.84. The minimum atomic E-state index is -0.852. The normalized spacial score (nSPS) is 14.9. The summed E-state index contributed by atoms with van der Waals surface area (Å²) in [6.45, 7) is 0. The number of rotatable bonds is 3. The molecule has 96 valence electrons. The number of nitro groups is 1. The molecule has 1 aliphatic carbocycles. The van der Waals surface area contributed by atoms with Crippen molar-refractivity contribution in [3.8, 4) is 0 Å². The standard InChI is InChI=1S/C11H12FN3O3/c12-7-4-5-8(15(17)18)10(13)9(7)11(16)14-6-2-1-3-6/h4-6H,1-3,13H2,(H,14,16). The summed E-state index contributed by atoms with van der Waals surface area (Å²) in [7, 11) is 0. The molecule has 6 nitrogen and oxygen atoms in total.